The van der Waals surface area contributed by atoms with Gasteiger partial charge in [0.15, 0.2) is 0 Å². The highest BCUT2D eigenvalue weighted by molar-refractivity contribution is 8.03. The van der Waals surface area contributed by atoms with Crippen molar-refractivity contribution in [2.45, 2.75) is 17.2 Å². The van der Waals surface area contributed by atoms with Crippen LogP contribution >= 0.6 is 11.8 Å². The predicted octanol–water partition coefficient (Wildman–Crippen LogP) is 10.5. The average molecular weight is 544 g/mol. The summed E-state index contributed by atoms with van der Waals surface area (Å²) in [6, 6.07) is 37.7. The molecule has 1 spiro atoms. The summed E-state index contributed by atoms with van der Waals surface area (Å²) in [5.41, 5.74) is 10.3. The van der Waals surface area contributed by atoms with Gasteiger partial charge < -0.3 is 8.98 Å². The van der Waals surface area contributed by atoms with E-state index < -0.39 is 5.41 Å². The summed E-state index contributed by atoms with van der Waals surface area (Å²) in [5, 5.41) is 4.87. The first-order valence-electron chi connectivity index (χ1n) is 14.0. The number of hydrogen-bond donors (Lipinski definition) is 0. The molecule has 0 radical (unpaired) electrons. The summed E-state index contributed by atoms with van der Waals surface area (Å²) < 4.78 is 8.87. The van der Waals surface area contributed by atoms with Crippen LogP contribution in [0.15, 0.2) is 148 Å². The molecule has 9 rings (SSSR count). The minimum Gasteiger partial charge on any atom is -0.456 e. The Morgan fingerprint density at radius 2 is 1.49 bits per heavy atom. The molecule has 4 heterocycles. The Bertz CT molecular complexity index is 2330. The summed E-state index contributed by atoms with van der Waals surface area (Å²) in [6.45, 7) is 6.29. The van der Waals surface area contributed by atoms with Crippen molar-refractivity contribution in [1.29, 1.82) is 0 Å². The molecule has 1 unspecified atom stereocenters. The van der Waals surface area contributed by atoms with Crippen LogP contribution in [0.4, 0.5) is 0 Å². The summed E-state index contributed by atoms with van der Waals surface area (Å²) in [5.74, 6) is 0. The molecule has 0 saturated carbocycles. The minimum absolute atomic E-state index is 0.517. The van der Waals surface area contributed by atoms with Crippen LogP contribution in [0.3, 0.4) is 0 Å². The molecular weight excluding hydrogens is 518 g/mol. The lowest BCUT2D eigenvalue weighted by molar-refractivity contribution is 0.663. The third kappa shape index (κ3) is 2.79. The van der Waals surface area contributed by atoms with E-state index in [9.17, 15) is 0 Å². The van der Waals surface area contributed by atoms with Gasteiger partial charge in [0, 0.05) is 26.4 Å². The molecule has 5 aromatic carbocycles. The van der Waals surface area contributed by atoms with Gasteiger partial charge >= 0.3 is 0 Å². The molecule has 2 nitrogen and oxygen atoms in total. The lowest BCUT2D eigenvalue weighted by Crippen LogP contribution is -2.38. The van der Waals surface area contributed by atoms with Gasteiger partial charge in [-0.25, -0.2) is 0 Å². The monoisotopic (exact) mass is 543 g/mol. The fraction of sp³-hybridized carbons (Fsp3) is 0.0526. The van der Waals surface area contributed by atoms with Gasteiger partial charge in [0.05, 0.1) is 22.1 Å². The number of benzene rings is 5. The molecule has 0 bridgehead atoms. The molecule has 0 N–H and O–H groups in total. The third-order valence-corrected chi connectivity index (χ3v) is 10.1. The number of aromatic nitrogens is 1. The van der Waals surface area contributed by atoms with E-state index in [1.165, 1.54) is 59.6 Å². The van der Waals surface area contributed by atoms with Crippen LogP contribution in [0.5, 0.6) is 0 Å². The number of hydrogen-bond acceptors (Lipinski definition) is 2. The van der Waals surface area contributed by atoms with Crippen molar-refractivity contribution in [2.24, 2.45) is 0 Å². The van der Waals surface area contributed by atoms with Crippen molar-refractivity contribution in [3.8, 4) is 5.69 Å². The Labute approximate surface area is 241 Å². The maximum absolute atomic E-state index is 6.38. The molecular formula is C38H25NOS. The standard InChI is InChI=1S/C38H25NOS/c1-3-4-15-28-23(2)41-36-22-35-27(25-13-6-10-20-34(25)40-35)21-31(36)38(28)29-16-7-9-19-33(29)39-32-18-8-5-12-24(32)26-14-11-17-30(38)37(26)39/h3-22H,1H2,2H3/b15-4-. The van der Waals surface area contributed by atoms with Crippen molar-refractivity contribution in [1.82, 2.24) is 4.57 Å². The molecule has 0 saturated heterocycles. The number of rotatable bonds is 2. The van der Waals surface area contributed by atoms with Crippen molar-refractivity contribution in [3.05, 3.63) is 155 Å². The largest absolute Gasteiger partial charge is 0.456 e. The second kappa shape index (κ2) is 8.15. The van der Waals surface area contributed by atoms with E-state index in [-0.39, 0.29) is 0 Å². The quantitative estimate of drug-likeness (QED) is 0.202. The lowest BCUT2D eigenvalue weighted by Gasteiger charge is -2.45. The zero-order valence-corrected chi connectivity index (χ0v) is 23.3. The number of fused-ring (bicyclic) bond motifs is 12. The maximum atomic E-state index is 6.38. The van der Waals surface area contributed by atoms with E-state index in [4.69, 9.17) is 4.42 Å². The highest BCUT2D eigenvalue weighted by Gasteiger charge is 2.49. The van der Waals surface area contributed by atoms with Crippen LogP contribution in [0.1, 0.15) is 23.6 Å². The Balaban J connectivity index is 1.54. The van der Waals surface area contributed by atoms with Crippen molar-refractivity contribution < 1.29 is 4.42 Å². The second-order valence-corrected chi connectivity index (χ2v) is 12.2. The first-order chi connectivity index (χ1) is 20.2. The third-order valence-electron chi connectivity index (χ3n) is 8.98. The Hall–Kier alpha value is -4.73. The Morgan fingerprint density at radius 1 is 0.732 bits per heavy atom. The summed E-state index contributed by atoms with van der Waals surface area (Å²) in [7, 11) is 0. The minimum atomic E-state index is -0.517. The number of para-hydroxylation sites is 4. The van der Waals surface area contributed by atoms with E-state index in [0.29, 0.717) is 0 Å². The molecule has 2 aromatic heterocycles. The van der Waals surface area contributed by atoms with Crippen LogP contribution in [0.25, 0.3) is 49.4 Å². The topological polar surface area (TPSA) is 18.1 Å². The smallest absolute Gasteiger partial charge is 0.136 e. The zero-order valence-electron chi connectivity index (χ0n) is 22.5. The van der Waals surface area contributed by atoms with E-state index in [0.717, 1.165) is 21.9 Å². The Morgan fingerprint density at radius 3 is 2.39 bits per heavy atom. The second-order valence-electron chi connectivity index (χ2n) is 10.9. The van der Waals surface area contributed by atoms with Crippen LogP contribution < -0.4 is 0 Å². The predicted molar refractivity (Wildman–Crippen MR) is 172 cm³/mol. The molecule has 0 amide bonds. The fourth-order valence-electron chi connectivity index (χ4n) is 7.45. The molecule has 2 aliphatic heterocycles. The number of nitrogens with zero attached hydrogens (tertiary/aromatic N) is 1. The van der Waals surface area contributed by atoms with Crippen molar-refractivity contribution >= 4 is 55.5 Å². The molecule has 7 aromatic rings. The number of allylic oxidation sites excluding steroid dienone is 5. The maximum Gasteiger partial charge on any atom is 0.136 e. The Kier molecular flexibility index (Phi) is 4.58. The molecule has 41 heavy (non-hydrogen) atoms. The fourth-order valence-corrected chi connectivity index (χ4v) is 8.60. The van der Waals surface area contributed by atoms with E-state index >= 15 is 0 Å². The van der Waals surface area contributed by atoms with Crippen LogP contribution in [-0.4, -0.2) is 4.57 Å². The van der Waals surface area contributed by atoms with Crippen molar-refractivity contribution in [2.75, 3.05) is 0 Å². The molecule has 194 valence electrons. The lowest BCUT2D eigenvalue weighted by atomic mass is 9.62. The zero-order chi connectivity index (χ0) is 27.3. The first-order valence-corrected chi connectivity index (χ1v) is 14.8. The van der Waals surface area contributed by atoms with Gasteiger partial charge in [-0.3, -0.25) is 0 Å². The molecule has 0 aliphatic carbocycles. The van der Waals surface area contributed by atoms with E-state index in [2.05, 4.69) is 127 Å². The summed E-state index contributed by atoms with van der Waals surface area (Å²) in [6.07, 6.45) is 6.25. The van der Waals surface area contributed by atoms with Crippen LogP contribution in [-0.2, 0) is 5.41 Å². The molecule has 2 aliphatic rings. The van der Waals surface area contributed by atoms with E-state index in [1.807, 2.05) is 23.9 Å². The van der Waals surface area contributed by atoms with Crippen LogP contribution in [0, 0.1) is 0 Å². The highest BCUT2D eigenvalue weighted by atomic mass is 32.2. The summed E-state index contributed by atoms with van der Waals surface area (Å²) >= 11 is 1.84. The highest BCUT2D eigenvalue weighted by Crippen LogP contribution is 2.61. The van der Waals surface area contributed by atoms with Gasteiger partial charge in [-0.1, -0.05) is 109 Å². The molecule has 0 fully saturated rings. The SMILES string of the molecule is C=C/C=C\C1=C(C)Sc2cc3oc4ccccc4c3cc2C12c1ccccc1-n1c3ccccc3c3cccc2c31. The first kappa shape index (κ1) is 23.0. The molecule has 1 atom stereocenters. The average Bonchev–Trinajstić information content (AvgIpc) is 3.54. The number of furan rings is 1. The van der Waals surface area contributed by atoms with Crippen LogP contribution in [0.2, 0.25) is 0 Å². The van der Waals surface area contributed by atoms with Gasteiger partial charge in [0.1, 0.15) is 11.2 Å². The van der Waals surface area contributed by atoms with Gasteiger partial charge in [0.2, 0.25) is 0 Å². The van der Waals surface area contributed by atoms with Gasteiger partial charge in [-0.05, 0) is 64.4 Å². The normalized spacial score (nSPS) is 17.8. The van der Waals surface area contributed by atoms with Gasteiger partial charge in [-0.15, -0.1) is 0 Å². The van der Waals surface area contributed by atoms with Gasteiger partial charge in [0.25, 0.3) is 0 Å². The van der Waals surface area contributed by atoms with E-state index in [1.54, 1.807) is 0 Å². The number of thioether (sulfide) groups is 1. The molecule has 3 heteroatoms. The van der Waals surface area contributed by atoms with Crippen molar-refractivity contribution in [3.63, 3.8) is 0 Å². The van der Waals surface area contributed by atoms with Gasteiger partial charge in [-0.2, -0.15) is 0 Å². The summed E-state index contributed by atoms with van der Waals surface area (Å²) in [4.78, 5) is 2.52.